The van der Waals surface area contributed by atoms with Gasteiger partial charge < -0.3 is 19.5 Å². The summed E-state index contributed by atoms with van der Waals surface area (Å²) in [5.74, 6) is -1.73. The van der Waals surface area contributed by atoms with Gasteiger partial charge in [-0.05, 0) is 58.2 Å². The molecule has 0 saturated carbocycles. The fraction of sp³-hybridized carbons (Fsp3) is 0.516. The van der Waals surface area contributed by atoms with Crippen molar-refractivity contribution in [3.63, 3.8) is 0 Å². The van der Waals surface area contributed by atoms with E-state index < -0.39 is 41.1 Å². The lowest BCUT2D eigenvalue weighted by Gasteiger charge is -2.46. The molecule has 2 aromatic rings. The second kappa shape index (κ2) is 13.9. The number of rotatable bonds is 13. The molecule has 0 bridgehead atoms. The number of alkyl halides is 1. The standard InChI is InChI=1S/C31H40FN3O7/c1-29(2,3)42-35(13-16-36)31(28(38)39,22-30(4,5)32)25(27(37)41-21-23-9-7-6-8-10-23)19-24-11-12-26(33-20-24)34-14-17-40-18-15-34/h6-13,20,25H,14-15,17-19,21-22H2,1-5H3,(H,38,39)/t25-,31-/m0/s1. The molecule has 0 radical (unpaired) electrons. The second-order valence-corrected chi connectivity index (χ2v) is 11.9. The zero-order valence-corrected chi connectivity index (χ0v) is 24.8. The quantitative estimate of drug-likeness (QED) is 0.209. The van der Waals surface area contributed by atoms with E-state index in [-0.39, 0.29) is 13.0 Å². The van der Waals surface area contributed by atoms with E-state index in [9.17, 15) is 19.5 Å². The normalized spacial score (nSPS) is 16.1. The highest BCUT2D eigenvalue weighted by molar-refractivity contribution is 5.88. The minimum Gasteiger partial charge on any atom is -0.479 e. The van der Waals surface area contributed by atoms with Crippen LogP contribution in [0.2, 0.25) is 0 Å². The minimum atomic E-state index is -2.40. The molecule has 0 spiro atoms. The molecule has 1 aromatic carbocycles. The molecule has 2 heterocycles. The third-order valence-corrected chi connectivity index (χ3v) is 6.66. The van der Waals surface area contributed by atoms with Crippen molar-refractivity contribution in [2.24, 2.45) is 5.92 Å². The number of morpholine rings is 1. The highest BCUT2D eigenvalue weighted by atomic mass is 19.1. The smallest absolute Gasteiger partial charge is 0.333 e. The lowest BCUT2D eigenvalue weighted by Crippen LogP contribution is -2.63. The van der Waals surface area contributed by atoms with E-state index in [0.717, 1.165) is 11.3 Å². The number of benzene rings is 1. The van der Waals surface area contributed by atoms with Crippen molar-refractivity contribution in [3.8, 4) is 0 Å². The molecule has 1 aromatic heterocycles. The van der Waals surface area contributed by atoms with E-state index in [4.69, 9.17) is 14.3 Å². The van der Waals surface area contributed by atoms with Gasteiger partial charge in [0.25, 0.3) is 0 Å². The lowest BCUT2D eigenvalue weighted by molar-refractivity contribution is -0.266. The van der Waals surface area contributed by atoms with Crippen molar-refractivity contribution in [2.75, 3.05) is 31.2 Å². The van der Waals surface area contributed by atoms with Crippen molar-refractivity contribution in [1.82, 2.24) is 10.0 Å². The maximum absolute atomic E-state index is 15.5. The molecule has 2 atom stereocenters. The van der Waals surface area contributed by atoms with Crippen LogP contribution in [-0.2, 0) is 41.7 Å². The van der Waals surface area contributed by atoms with Crippen LogP contribution < -0.4 is 4.90 Å². The third-order valence-electron chi connectivity index (χ3n) is 6.66. The largest absolute Gasteiger partial charge is 0.479 e. The summed E-state index contributed by atoms with van der Waals surface area (Å²) in [5, 5.41) is 11.6. The number of hydrogen-bond acceptors (Lipinski definition) is 9. The molecule has 1 N–H and O–H groups in total. The summed E-state index contributed by atoms with van der Waals surface area (Å²) in [6.07, 6.45) is 1.40. The number of carbonyl (C=O) groups is 2. The van der Waals surface area contributed by atoms with Gasteiger partial charge in [-0.15, -0.1) is 0 Å². The number of aromatic nitrogens is 1. The third kappa shape index (κ3) is 8.85. The van der Waals surface area contributed by atoms with Gasteiger partial charge in [-0.1, -0.05) is 36.4 Å². The van der Waals surface area contributed by atoms with E-state index in [1.165, 1.54) is 13.8 Å². The van der Waals surface area contributed by atoms with Crippen LogP contribution in [0.1, 0.15) is 52.2 Å². The molecule has 1 fully saturated rings. The first-order valence-electron chi connectivity index (χ1n) is 13.9. The van der Waals surface area contributed by atoms with Gasteiger partial charge in [-0.25, -0.2) is 24.0 Å². The van der Waals surface area contributed by atoms with Crippen LogP contribution >= 0.6 is 0 Å². The van der Waals surface area contributed by atoms with Gasteiger partial charge in [-0.3, -0.25) is 9.63 Å². The summed E-state index contributed by atoms with van der Waals surface area (Å²) in [6, 6.07) is 12.4. The van der Waals surface area contributed by atoms with Crippen molar-refractivity contribution in [3.05, 3.63) is 66.0 Å². The summed E-state index contributed by atoms with van der Waals surface area (Å²) in [6.45, 7) is 9.69. The molecular weight excluding hydrogens is 545 g/mol. The highest BCUT2D eigenvalue weighted by Crippen LogP contribution is 2.40. The zero-order chi connectivity index (χ0) is 31.0. The first kappa shape index (κ1) is 32.7. The van der Waals surface area contributed by atoms with Crippen LogP contribution in [0.25, 0.3) is 0 Å². The topological polar surface area (TPSA) is 118 Å². The van der Waals surface area contributed by atoms with Crippen molar-refractivity contribution >= 4 is 23.7 Å². The van der Waals surface area contributed by atoms with E-state index in [1.54, 1.807) is 69.3 Å². The Hall–Kier alpha value is -3.79. The number of hydrogen-bond donors (Lipinski definition) is 1. The van der Waals surface area contributed by atoms with Crippen molar-refractivity contribution in [1.29, 1.82) is 0 Å². The molecule has 228 valence electrons. The number of esters is 1. The van der Waals surface area contributed by atoms with E-state index in [0.29, 0.717) is 43.2 Å². The Morgan fingerprint density at radius 3 is 2.31 bits per heavy atom. The maximum atomic E-state index is 15.5. The van der Waals surface area contributed by atoms with Crippen LogP contribution in [-0.4, -0.2) is 76.1 Å². The number of aliphatic carboxylic acids is 1. The monoisotopic (exact) mass is 585 g/mol. The Morgan fingerprint density at radius 2 is 1.79 bits per heavy atom. The maximum Gasteiger partial charge on any atom is 0.333 e. The number of carbonyl (C=O) groups excluding carboxylic acids is 2. The van der Waals surface area contributed by atoms with Crippen LogP contribution in [0.15, 0.2) is 54.9 Å². The lowest BCUT2D eigenvalue weighted by atomic mass is 9.73. The number of hydroxylamine groups is 2. The van der Waals surface area contributed by atoms with Crippen LogP contribution in [0.4, 0.5) is 10.2 Å². The van der Waals surface area contributed by atoms with Crippen LogP contribution in [0.3, 0.4) is 0 Å². The summed E-state index contributed by atoms with van der Waals surface area (Å²) in [7, 11) is 0. The Balaban J connectivity index is 2.11. The van der Waals surface area contributed by atoms with Crippen molar-refractivity contribution < 1.29 is 38.2 Å². The molecule has 0 unspecified atom stereocenters. The van der Waals surface area contributed by atoms with Crippen LogP contribution in [0.5, 0.6) is 0 Å². The Labute approximate surface area is 246 Å². The minimum absolute atomic E-state index is 0.136. The summed E-state index contributed by atoms with van der Waals surface area (Å²) in [5.41, 5.74) is -4.33. The number of halogens is 1. The number of pyridine rings is 1. The number of anilines is 1. The molecule has 10 nitrogen and oxygen atoms in total. The Bertz CT molecular complexity index is 1230. The van der Waals surface area contributed by atoms with Crippen molar-refractivity contribution in [2.45, 2.75) is 70.9 Å². The van der Waals surface area contributed by atoms with Gasteiger partial charge in [-0.2, -0.15) is 0 Å². The predicted octanol–water partition coefficient (Wildman–Crippen LogP) is 4.16. The second-order valence-electron chi connectivity index (χ2n) is 11.9. The highest BCUT2D eigenvalue weighted by Gasteiger charge is 2.58. The summed E-state index contributed by atoms with van der Waals surface area (Å²) in [4.78, 5) is 51.3. The number of carboxylic acids is 1. The molecule has 1 saturated heterocycles. The predicted molar refractivity (Wildman–Crippen MR) is 154 cm³/mol. The van der Waals surface area contributed by atoms with E-state index in [1.807, 2.05) is 6.07 Å². The first-order chi connectivity index (χ1) is 19.7. The first-order valence-corrected chi connectivity index (χ1v) is 13.9. The molecule has 3 rings (SSSR count). The fourth-order valence-electron chi connectivity index (χ4n) is 4.91. The molecule has 0 amide bonds. The summed E-state index contributed by atoms with van der Waals surface area (Å²) < 4.78 is 26.6. The van der Waals surface area contributed by atoms with Gasteiger partial charge in [0.05, 0.1) is 24.7 Å². The molecule has 11 heteroatoms. The van der Waals surface area contributed by atoms with Gasteiger partial charge in [0.2, 0.25) is 0 Å². The molecule has 1 aliphatic rings. The molecular formula is C31H40FN3O7. The summed E-state index contributed by atoms with van der Waals surface area (Å²) >= 11 is 0. The van der Waals surface area contributed by atoms with E-state index in [2.05, 4.69) is 9.88 Å². The Kier molecular flexibility index (Phi) is 10.8. The van der Waals surface area contributed by atoms with Gasteiger partial charge >= 0.3 is 11.9 Å². The van der Waals surface area contributed by atoms with Crippen LogP contribution in [0, 0.1) is 5.92 Å². The van der Waals surface area contributed by atoms with Gasteiger partial charge in [0.1, 0.15) is 30.2 Å². The average Bonchev–Trinajstić information content (AvgIpc) is 2.93. The SMILES string of the molecule is CC(C)(F)C[C@@](C(=O)O)([C@@H](Cc1ccc(N2CCOCC2)nc1)C(=O)OCc1ccccc1)N(C=C=O)OC(C)(C)C. The molecule has 0 aliphatic carbocycles. The van der Waals surface area contributed by atoms with E-state index >= 15 is 4.39 Å². The Morgan fingerprint density at radius 1 is 1.12 bits per heavy atom. The van der Waals surface area contributed by atoms with Gasteiger partial charge in [0.15, 0.2) is 5.54 Å². The number of ether oxygens (including phenoxy) is 2. The zero-order valence-electron chi connectivity index (χ0n) is 24.8. The number of carboxylic acid groups (broad SMARTS) is 1. The molecule has 1 aliphatic heterocycles. The number of nitrogens with zero attached hydrogens (tertiary/aromatic N) is 3. The molecule has 42 heavy (non-hydrogen) atoms. The fourth-order valence-corrected chi connectivity index (χ4v) is 4.91. The average molecular weight is 586 g/mol. The van der Waals surface area contributed by atoms with Gasteiger partial charge in [0, 0.05) is 25.7 Å².